The van der Waals surface area contributed by atoms with Gasteiger partial charge in [-0.1, -0.05) is 203 Å². The molecule has 290 valence electrons. The van der Waals surface area contributed by atoms with Gasteiger partial charge in [-0.25, -0.2) is 0 Å². The van der Waals surface area contributed by atoms with E-state index in [2.05, 4.69) is 238 Å². The summed E-state index contributed by atoms with van der Waals surface area (Å²) in [4.78, 5) is 0. The molecule has 0 spiro atoms. The van der Waals surface area contributed by atoms with Crippen molar-refractivity contribution >= 4 is 43.4 Å². The van der Waals surface area contributed by atoms with Crippen LogP contribution in [0.2, 0.25) is 0 Å². The van der Waals surface area contributed by atoms with Gasteiger partial charge in [0.1, 0.15) is 0 Å². The number of hydrogen-bond acceptors (Lipinski definition) is 0. The van der Waals surface area contributed by atoms with Gasteiger partial charge in [-0.15, -0.1) is 0 Å². The lowest BCUT2D eigenvalue weighted by atomic mass is 9.67. The van der Waals surface area contributed by atoms with Crippen LogP contribution in [0.1, 0.15) is 31.9 Å². The molecule has 0 saturated carbocycles. The third kappa shape index (κ3) is 5.33. The van der Waals surface area contributed by atoms with Gasteiger partial charge in [0.2, 0.25) is 0 Å². The van der Waals surface area contributed by atoms with Gasteiger partial charge >= 0.3 is 0 Å². The molecule has 2 unspecified atom stereocenters. The fourth-order valence-electron chi connectivity index (χ4n) is 11.3. The molecule has 0 amide bonds. The van der Waals surface area contributed by atoms with Gasteiger partial charge < -0.3 is 4.57 Å². The van der Waals surface area contributed by atoms with Gasteiger partial charge in [-0.2, -0.15) is 0 Å². The highest BCUT2D eigenvalue weighted by molar-refractivity contribution is 6.21. The average Bonchev–Trinajstić information content (AvgIpc) is 3.73. The Morgan fingerprint density at radius 2 is 0.869 bits per heavy atom. The molecule has 12 rings (SSSR count). The second-order valence-corrected chi connectivity index (χ2v) is 17.9. The van der Waals surface area contributed by atoms with E-state index in [1.54, 1.807) is 0 Å². The molecule has 0 N–H and O–H groups in total. The van der Waals surface area contributed by atoms with Crippen LogP contribution in [-0.2, 0) is 10.8 Å². The molecule has 0 aliphatic heterocycles. The summed E-state index contributed by atoms with van der Waals surface area (Å²) in [6.45, 7) is 7.23. The van der Waals surface area contributed by atoms with Crippen molar-refractivity contribution in [3.8, 4) is 50.2 Å². The smallest absolute Gasteiger partial charge is 0.0541 e. The summed E-state index contributed by atoms with van der Waals surface area (Å²) in [6.07, 6.45) is 9.26. The molecule has 0 radical (unpaired) electrons. The normalized spacial score (nSPS) is 17.7. The maximum Gasteiger partial charge on any atom is 0.0541 e. The van der Waals surface area contributed by atoms with E-state index in [9.17, 15) is 0 Å². The summed E-state index contributed by atoms with van der Waals surface area (Å²) in [5.41, 5.74) is 16.6. The van der Waals surface area contributed by atoms with Gasteiger partial charge in [0, 0.05) is 21.9 Å². The van der Waals surface area contributed by atoms with E-state index in [0.29, 0.717) is 5.92 Å². The van der Waals surface area contributed by atoms with Crippen molar-refractivity contribution in [1.82, 2.24) is 4.57 Å². The molecule has 10 aromatic rings. The van der Waals surface area contributed by atoms with Gasteiger partial charge in [0.25, 0.3) is 0 Å². The van der Waals surface area contributed by atoms with Crippen LogP contribution < -0.4 is 0 Å². The number of aromatic nitrogens is 1. The number of hydrogen-bond donors (Lipinski definition) is 0. The standard InChI is InChI=1S/C60H45N/c1-59(2)53-38-44(30-34-52(53)60(3)36-14-13-23-56(59)60)40-26-24-39(25-27-40)43-31-35-55-51(37-43)46-17-11-12-22-54(46)61(55)45-32-28-42(29-33-45)58-49-20-9-7-18-47(49)57(41-15-5-4-6-16-41)48-19-8-10-21-50(48)58/h4-38,56H,1-3H3. The van der Waals surface area contributed by atoms with Crippen molar-refractivity contribution in [2.75, 3.05) is 0 Å². The summed E-state index contributed by atoms with van der Waals surface area (Å²) in [6, 6.07) is 69.9. The number of nitrogens with zero attached hydrogens (tertiary/aromatic N) is 1. The summed E-state index contributed by atoms with van der Waals surface area (Å²) in [7, 11) is 0. The summed E-state index contributed by atoms with van der Waals surface area (Å²) in [5.74, 6) is 0.461. The highest BCUT2D eigenvalue weighted by Gasteiger charge is 2.51. The minimum absolute atomic E-state index is 0.0434. The van der Waals surface area contributed by atoms with Crippen LogP contribution in [0.25, 0.3) is 93.5 Å². The van der Waals surface area contributed by atoms with E-state index in [-0.39, 0.29) is 10.8 Å². The van der Waals surface area contributed by atoms with Crippen molar-refractivity contribution < 1.29 is 0 Å². The molecular formula is C60H45N. The predicted octanol–water partition coefficient (Wildman–Crippen LogP) is 16.0. The molecule has 0 saturated heterocycles. The lowest BCUT2D eigenvalue weighted by molar-refractivity contribution is 0.324. The fraction of sp³-hybridized carbons (Fsp3) is 0.100. The largest absolute Gasteiger partial charge is 0.309 e. The molecule has 2 aliphatic rings. The first-order chi connectivity index (χ1) is 29.9. The summed E-state index contributed by atoms with van der Waals surface area (Å²) in [5, 5.41) is 7.59. The summed E-state index contributed by atoms with van der Waals surface area (Å²) < 4.78 is 2.42. The molecule has 1 aromatic heterocycles. The van der Waals surface area contributed by atoms with Crippen LogP contribution in [-0.4, -0.2) is 4.57 Å². The average molecular weight is 780 g/mol. The Morgan fingerprint density at radius 3 is 1.51 bits per heavy atom. The van der Waals surface area contributed by atoms with Crippen molar-refractivity contribution in [3.63, 3.8) is 0 Å². The van der Waals surface area contributed by atoms with E-state index in [4.69, 9.17) is 0 Å². The zero-order valence-corrected chi connectivity index (χ0v) is 34.7. The van der Waals surface area contributed by atoms with Crippen LogP contribution >= 0.6 is 0 Å². The second-order valence-electron chi connectivity index (χ2n) is 17.9. The Morgan fingerprint density at radius 1 is 0.377 bits per heavy atom. The summed E-state index contributed by atoms with van der Waals surface area (Å²) >= 11 is 0. The Hall–Kier alpha value is -7.22. The van der Waals surface area contributed by atoms with Gasteiger partial charge in [-0.05, 0) is 119 Å². The first-order valence-electron chi connectivity index (χ1n) is 21.6. The molecule has 0 fully saturated rings. The predicted molar refractivity (Wildman–Crippen MR) is 260 cm³/mol. The number of para-hydroxylation sites is 1. The van der Waals surface area contributed by atoms with Crippen molar-refractivity contribution in [2.24, 2.45) is 5.92 Å². The minimum Gasteiger partial charge on any atom is -0.309 e. The van der Waals surface area contributed by atoms with Gasteiger partial charge in [-0.3, -0.25) is 0 Å². The Labute approximate surface area is 357 Å². The van der Waals surface area contributed by atoms with Crippen LogP contribution in [0.15, 0.2) is 212 Å². The number of fused-ring (bicyclic) bond motifs is 8. The van der Waals surface area contributed by atoms with E-state index in [0.717, 1.165) is 5.69 Å². The number of allylic oxidation sites excluding steroid dienone is 4. The van der Waals surface area contributed by atoms with Crippen LogP contribution in [0.5, 0.6) is 0 Å². The maximum absolute atomic E-state index is 2.45. The van der Waals surface area contributed by atoms with Crippen molar-refractivity contribution in [3.05, 3.63) is 223 Å². The minimum atomic E-state index is 0.0434. The molecule has 2 aliphatic carbocycles. The fourth-order valence-corrected chi connectivity index (χ4v) is 11.3. The Bertz CT molecular complexity index is 3370. The van der Waals surface area contributed by atoms with Crippen LogP contribution in [0.4, 0.5) is 0 Å². The molecule has 9 aromatic carbocycles. The third-order valence-electron chi connectivity index (χ3n) is 14.2. The maximum atomic E-state index is 2.45. The van der Waals surface area contributed by atoms with Gasteiger partial charge in [0.05, 0.1) is 11.0 Å². The molecule has 1 heteroatoms. The number of rotatable bonds is 5. The quantitative estimate of drug-likeness (QED) is 0.153. The number of benzene rings is 9. The molecule has 1 heterocycles. The zero-order valence-electron chi connectivity index (χ0n) is 34.7. The lowest BCUT2D eigenvalue weighted by Gasteiger charge is -2.36. The van der Waals surface area contributed by atoms with E-state index < -0.39 is 0 Å². The van der Waals surface area contributed by atoms with Crippen LogP contribution in [0.3, 0.4) is 0 Å². The molecular weight excluding hydrogens is 735 g/mol. The van der Waals surface area contributed by atoms with E-state index >= 15 is 0 Å². The first-order valence-corrected chi connectivity index (χ1v) is 21.6. The Kier molecular flexibility index (Phi) is 7.84. The van der Waals surface area contributed by atoms with Gasteiger partial charge in [0.15, 0.2) is 0 Å². The second kappa shape index (κ2) is 13.4. The first kappa shape index (κ1) is 35.7. The van der Waals surface area contributed by atoms with E-state index in [1.165, 1.54) is 99.0 Å². The van der Waals surface area contributed by atoms with Crippen LogP contribution in [0, 0.1) is 5.92 Å². The highest BCUT2D eigenvalue weighted by atomic mass is 15.0. The Balaban J connectivity index is 0.914. The van der Waals surface area contributed by atoms with Crippen molar-refractivity contribution in [2.45, 2.75) is 31.6 Å². The lowest BCUT2D eigenvalue weighted by Crippen LogP contribution is -2.33. The van der Waals surface area contributed by atoms with E-state index in [1.807, 2.05) is 0 Å². The topological polar surface area (TPSA) is 4.93 Å². The zero-order chi connectivity index (χ0) is 40.9. The third-order valence-corrected chi connectivity index (χ3v) is 14.2. The molecule has 1 nitrogen and oxygen atoms in total. The molecule has 0 bridgehead atoms. The van der Waals surface area contributed by atoms with Crippen molar-refractivity contribution in [1.29, 1.82) is 0 Å². The SMILES string of the molecule is CC1(C)c2cc(-c3ccc(-c4ccc5c(c4)c4ccccc4n5-c4ccc(-c5c6ccccc6c(-c6ccccc6)c6ccccc56)cc4)cc3)ccc2C2(C)C=CC=CC12. The highest BCUT2D eigenvalue weighted by Crippen LogP contribution is 2.57. The monoisotopic (exact) mass is 779 g/mol. The molecule has 2 atom stereocenters. The molecule has 61 heavy (non-hydrogen) atoms.